The zero-order valence-corrected chi connectivity index (χ0v) is 20.7. The number of carbonyl (C=O) groups is 2. The Morgan fingerprint density at radius 3 is 2.81 bits per heavy atom. The van der Waals surface area contributed by atoms with E-state index in [1.54, 1.807) is 11.0 Å². The molecule has 1 unspecified atom stereocenters. The number of amides is 1. The lowest BCUT2D eigenvalue weighted by atomic mass is 9.97. The predicted octanol–water partition coefficient (Wildman–Crippen LogP) is 3.88. The van der Waals surface area contributed by atoms with Gasteiger partial charge in [-0.15, -0.1) is 6.58 Å². The third-order valence-electron chi connectivity index (χ3n) is 6.12. The Hall–Kier alpha value is -3.33. The highest BCUT2D eigenvalue weighted by molar-refractivity contribution is 5.97. The van der Waals surface area contributed by atoms with Gasteiger partial charge < -0.3 is 29.4 Å². The molecule has 1 aromatic rings. The molecule has 1 atom stereocenters. The number of phenols is 2. The van der Waals surface area contributed by atoms with Gasteiger partial charge >= 0.3 is 5.97 Å². The first-order valence-corrected chi connectivity index (χ1v) is 12.5. The maximum absolute atomic E-state index is 12.8. The molecule has 1 aromatic carbocycles. The molecule has 0 spiro atoms. The van der Waals surface area contributed by atoms with Crippen LogP contribution in [0.25, 0.3) is 0 Å². The summed E-state index contributed by atoms with van der Waals surface area (Å²) in [6.07, 6.45) is 11.1. The Morgan fingerprint density at radius 2 is 2.03 bits per heavy atom. The van der Waals surface area contributed by atoms with Crippen LogP contribution in [0.15, 0.2) is 42.1 Å². The van der Waals surface area contributed by atoms with Gasteiger partial charge in [-0.2, -0.15) is 0 Å². The maximum atomic E-state index is 12.8. The lowest BCUT2D eigenvalue weighted by Gasteiger charge is -2.26. The molecule has 196 valence electrons. The van der Waals surface area contributed by atoms with Gasteiger partial charge in [-0.05, 0) is 56.6 Å². The number of esters is 1. The molecule has 2 heterocycles. The van der Waals surface area contributed by atoms with Gasteiger partial charge in [0.05, 0.1) is 25.0 Å². The molecule has 9 nitrogen and oxygen atoms in total. The molecule has 1 fully saturated rings. The molecule has 0 aromatic heterocycles. The van der Waals surface area contributed by atoms with Crippen LogP contribution in [0.2, 0.25) is 0 Å². The minimum absolute atomic E-state index is 0.0156. The average Bonchev–Trinajstić information content (AvgIpc) is 2.86. The summed E-state index contributed by atoms with van der Waals surface area (Å²) in [6.45, 7) is 5.53. The van der Waals surface area contributed by atoms with E-state index in [-0.39, 0.29) is 48.7 Å². The number of aromatic hydroxyl groups is 2. The van der Waals surface area contributed by atoms with E-state index >= 15 is 0 Å². The van der Waals surface area contributed by atoms with Crippen LogP contribution in [0.1, 0.15) is 60.9 Å². The van der Waals surface area contributed by atoms with Crippen molar-refractivity contribution in [3.8, 4) is 11.5 Å². The molecule has 0 aliphatic carbocycles. The normalized spacial score (nSPS) is 20.8. The van der Waals surface area contributed by atoms with Crippen molar-refractivity contribution >= 4 is 17.6 Å². The smallest absolute Gasteiger partial charge is 0.342 e. The molecule has 9 heteroatoms. The number of hydrogen-bond acceptors (Lipinski definition) is 8. The van der Waals surface area contributed by atoms with Gasteiger partial charge in [0.2, 0.25) is 0 Å². The average molecular weight is 501 g/mol. The summed E-state index contributed by atoms with van der Waals surface area (Å²) in [5, 5.41) is 24.7. The van der Waals surface area contributed by atoms with Crippen LogP contribution in [-0.2, 0) is 25.5 Å². The van der Waals surface area contributed by atoms with Crippen molar-refractivity contribution in [2.75, 3.05) is 32.9 Å². The topological polar surface area (TPSA) is 118 Å². The van der Waals surface area contributed by atoms with Crippen LogP contribution < -0.4 is 0 Å². The molecular formula is C27H36N2O7. The second-order valence-electron chi connectivity index (χ2n) is 8.95. The Balaban J connectivity index is 1.80. The summed E-state index contributed by atoms with van der Waals surface area (Å²) in [5.74, 6) is -1.34. The van der Waals surface area contributed by atoms with Gasteiger partial charge in [0.25, 0.3) is 5.91 Å². The molecule has 36 heavy (non-hydrogen) atoms. The summed E-state index contributed by atoms with van der Waals surface area (Å²) in [7, 11) is 0. The van der Waals surface area contributed by atoms with Gasteiger partial charge in [-0.1, -0.05) is 23.4 Å². The summed E-state index contributed by atoms with van der Waals surface area (Å²) in [5.41, 5.74) is 0.927. The van der Waals surface area contributed by atoms with Gasteiger partial charge in [0.15, 0.2) is 6.61 Å². The van der Waals surface area contributed by atoms with E-state index < -0.39 is 5.97 Å². The van der Waals surface area contributed by atoms with Crippen LogP contribution in [0.5, 0.6) is 11.5 Å². The van der Waals surface area contributed by atoms with Crippen molar-refractivity contribution in [1.82, 2.24) is 4.90 Å². The van der Waals surface area contributed by atoms with Gasteiger partial charge in [-0.3, -0.25) is 4.79 Å². The third kappa shape index (κ3) is 8.41. The number of phenolic OH excluding ortho intramolecular Hbond substituents is 2. The summed E-state index contributed by atoms with van der Waals surface area (Å²) in [4.78, 5) is 32.4. The van der Waals surface area contributed by atoms with Crippen LogP contribution in [0, 0.1) is 0 Å². The fourth-order valence-corrected chi connectivity index (χ4v) is 4.32. The summed E-state index contributed by atoms with van der Waals surface area (Å²) >= 11 is 0. The van der Waals surface area contributed by atoms with Crippen LogP contribution in [-0.4, -0.2) is 71.7 Å². The number of rotatable bonds is 6. The number of likely N-dealkylation sites (tertiary alicyclic amines) is 1. The van der Waals surface area contributed by atoms with E-state index in [0.29, 0.717) is 43.6 Å². The number of piperidine rings is 1. The van der Waals surface area contributed by atoms with E-state index in [4.69, 9.17) is 14.3 Å². The number of cyclic esters (lactones) is 1. The fourth-order valence-electron chi connectivity index (χ4n) is 4.32. The summed E-state index contributed by atoms with van der Waals surface area (Å²) in [6, 6.07) is 2.52. The molecule has 2 aliphatic heterocycles. The number of oxime groups is 1. The van der Waals surface area contributed by atoms with E-state index in [1.165, 1.54) is 6.07 Å². The zero-order valence-electron chi connectivity index (χ0n) is 20.7. The lowest BCUT2D eigenvalue weighted by Crippen LogP contribution is -2.37. The van der Waals surface area contributed by atoms with E-state index in [0.717, 1.165) is 38.4 Å². The first kappa shape index (κ1) is 27.3. The molecule has 0 saturated carbocycles. The van der Waals surface area contributed by atoms with Crippen molar-refractivity contribution in [1.29, 1.82) is 0 Å². The van der Waals surface area contributed by atoms with E-state index in [2.05, 4.69) is 11.7 Å². The minimum Gasteiger partial charge on any atom is -0.508 e. The Bertz CT molecular complexity index is 967. The largest absolute Gasteiger partial charge is 0.508 e. The highest BCUT2D eigenvalue weighted by atomic mass is 16.6. The van der Waals surface area contributed by atoms with Crippen molar-refractivity contribution in [2.24, 2.45) is 5.16 Å². The van der Waals surface area contributed by atoms with Gasteiger partial charge in [-0.25, -0.2) is 4.79 Å². The second-order valence-corrected chi connectivity index (χ2v) is 8.95. The van der Waals surface area contributed by atoms with Crippen molar-refractivity contribution in [3.05, 3.63) is 48.1 Å². The first-order valence-electron chi connectivity index (χ1n) is 12.5. The number of fused-ring (bicyclic) bond motifs is 1. The van der Waals surface area contributed by atoms with Crippen LogP contribution >= 0.6 is 0 Å². The molecule has 0 bridgehead atoms. The molecule has 1 amide bonds. The quantitative estimate of drug-likeness (QED) is 0.346. The number of nitrogens with zero attached hydrogens (tertiary/aromatic N) is 2. The highest BCUT2D eigenvalue weighted by Gasteiger charge is 2.22. The van der Waals surface area contributed by atoms with Crippen LogP contribution in [0.4, 0.5) is 0 Å². The first-order chi connectivity index (χ1) is 17.5. The van der Waals surface area contributed by atoms with Gasteiger partial charge in [0.1, 0.15) is 17.1 Å². The standard InChI is InChI=1S/C27H36N2O7/c1-2-14-34-23-10-4-7-15-35-27(33)26-20(17-22(30)18-24(26)31)16-21(9-8-11-23)28-36-19-25(32)29-12-5-3-6-13-29/h2,4,10,17-18,23,30-31H,1,3,5-9,11-16,19H2. The molecule has 2 N–H and O–H groups in total. The lowest BCUT2D eigenvalue weighted by molar-refractivity contribution is -0.137. The molecule has 3 rings (SSSR count). The maximum Gasteiger partial charge on any atom is 0.342 e. The Labute approximate surface area is 212 Å². The number of benzene rings is 1. The Morgan fingerprint density at radius 1 is 1.22 bits per heavy atom. The van der Waals surface area contributed by atoms with E-state index in [9.17, 15) is 19.8 Å². The van der Waals surface area contributed by atoms with Crippen molar-refractivity contribution in [2.45, 2.75) is 57.5 Å². The number of hydrogen-bond donors (Lipinski definition) is 2. The van der Waals surface area contributed by atoms with Gasteiger partial charge in [0, 0.05) is 25.6 Å². The zero-order chi connectivity index (χ0) is 25.8. The highest BCUT2D eigenvalue weighted by Crippen LogP contribution is 2.29. The number of carbonyl (C=O) groups excluding carboxylic acids is 2. The predicted molar refractivity (Wildman–Crippen MR) is 135 cm³/mol. The second kappa shape index (κ2) is 14.3. The molecule has 0 radical (unpaired) electrons. The SMILES string of the molecule is C=CCOC1C=CCCOC(=O)c2c(O)cc(O)cc2CC(=NOCC(=O)N2CCCCC2)CCC1. The fraction of sp³-hybridized carbons (Fsp3) is 0.519. The summed E-state index contributed by atoms with van der Waals surface area (Å²) < 4.78 is 11.2. The Kier molecular flexibility index (Phi) is 10.8. The van der Waals surface area contributed by atoms with Crippen molar-refractivity contribution < 1.29 is 34.1 Å². The molecule has 2 aliphatic rings. The number of ether oxygens (including phenoxy) is 2. The minimum atomic E-state index is -0.687. The molecular weight excluding hydrogens is 464 g/mol. The third-order valence-corrected chi connectivity index (χ3v) is 6.12. The van der Waals surface area contributed by atoms with E-state index in [1.807, 2.05) is 12.2 Å². The van der Waals surface area contributed by atoms with Crippen molar-refractivity contribution in [3.63, 3.8) is 0 Å². The monoisotopic (exact) mass is 500 g/mol. The van der Waals surface area contributed by atoms with Crippen LogP contribution in [0.3, 0.4) is 0 Å². The molecule has 1 saturated heterocycles.